The maximum Gasteiger partial charge on any atom is 0.159 e. The molecule has 4 heteroatoms. The first-order valence-corrected chi connectivity index (χ1v) is 12.5. The SMILES string of the molecule is CCCCCc1ccc(-c2cnc(-c3ccc(OCCCCOCCCC)cc3)nc2)cc1. The Morgan fingerprint density at radius 3 is 1.94 bits per heavy atom. The molecule has 1 heterocycles. The summed E-state index contributed by atoms with van der Waals surface area (Å²) in [5, 5.41) is 0. The van der Waals surface area contributed by atoms with Gasteiger partial charge in [-0.05, 0) is 67.5 Å². The van der Waals surface area contributed by atoms with Gasteiger partial charge in [-0.15, -0.1) is 0 Å². The largest absolute Gasteiger partial charge is 0.494 e. The number of aryl methyl sites for hydroxylation is 1. The number of benzene rings is 2. The van der Waals surface area contributed by atoms with Crippen molar-refractivity contribution in [2.24, 2.45) is 0 Å². The zero-order valence-corrected chi connectivity index (χ0v) is 20.3. The molecule has 0 unspecified atom stereocenters. The summed E-state index contributed by atoms with van der Waals surface area (Å²) in [6.45, 7) is 6.81. The Morgan fingerprint density at radius 1 is 0.606 bits per heavy atom. The third-order valence-electron chi connectivity index (χ3n) is 5.71. The molecule has 3 rings (SSSR count). The molecule has 0 bridgehead atoms. The molecule has 0 atom stereocenters. The van der Waals surface area contributed by atoms with Crippen molar-refractivity contribution in [3.8, 4) is 28.3 Å². The van der Waals surface area contributed by atoms with E-state index in [-0.39, 0.29) is 0 Å². The van der Waals surface area contributed by atoms with Crippen LogP contribution in [0.1, 0.15) is 64.4 Å². The predicted molar refractivity (Wildman–Crippen MR) is 137 cm³/mol. The summed E-state index contributed by atoms with van der Waals surface area (Å²) in [6, 6.07) is 16.8. The van der Waals surface area contributed by atoms with Gasteiger partial charge in [0.2, 0.25) is 0 Å². The molecule has 2 aromatic carbocycles. The summed E-state index contributed by atoms with van der Waals surface area (Å²) in [5.74, 6) is 1.60. The fourth-order valence-corrected chi connectivity index (χ4v) is 3.61. The second kappa shape index (κ2) is 14.4. The smallest absolute Gasteiger partial charge is 0.159 e. The van der Waals surface area contributed by atoms with Crippen LogP contribution in [0.25, 0.3) is 22.5 Å². The summed E-state index contributed by atoms with van der Waals surface area (Å²) in [6.07, 6.45) is 13.1. The van der Waals surface area contributed by atoms with Crippen LogP contribution < -0.4 is 4.74 Å². The van der Waals surface area contributed by atoms with E-state index >= 15 is 0 Å². The molecule has 0 aliphatic heterocycles. The lowest BCUT2D eigenvalue weighted by Crippen LogP contribution is -2.01. The monoisotopic (exact) mass is 446 g/mol. The maximum absolute atomic E-state index is 5.85. The van der Waals surface area contributed by atoms with Crippen molar-refractivity contribution < 1.29 is 9.47 Å². The van der Waals surface area contributed by atoms with E-state index in [2.05, 4.69) is 48.1 Å². The van der Waals surface area contributed by atoms with Crippen LogP contribution in [-0.4, -0.2) is 29.8 Å². The van der Waals surface area contributed by atoms with Crippen LogP contribution in [0.3, 0.4) is 0 Å². The van der Waals surface area contributed by atoms with Gasteiger partial charge in [-0.3, -0.25) is 0 Å². The van der Waals surface area contributed by atoms with Crippen LogP contribution in [0.2, 0.25) is 0 Å². The average molecular weight is 447 g/mol. The van der Waals surface area contributed by atoms with E-state index < -0.39 is 0 Å². The highest BCUT2D eigenvalue weighted by Crippen LogP contribution is 2.23. The second-order valence-corrected chi connectivity index (χ2v) is 8.50. The van der Waals surface area contributed by atoms with Gasteiger partial charge >= 0.3 is 0 Å². The van der Waals surface area contributed by atoms with Crippen molar-refractivity contribution in [1.29, 1.82) is 0 Å². The molecule has 0 amide bonds. The molecule has 0 aliphatic carbocycles. The summed E-state index contributed by atoms with van der Waals surface area (Å²) in [4.78, 5) is 9.18. The number of hydrogen-bond donors (Lipinski definition) is 0. The predicted octanol–water partition coefficient (Wildman–Crippen LogP) is 7.52. The normalized spacial score (nSPS) is 11.0. The Morgan fingerprint density at radius 2 is 1.24 bits per heavy atom. The summed E-state index contributed by atoms with van der Waals surface area (Å²) >= 11 is 0. The molecule has 0 N–H and O–H groups in total. The molecule has 33 heavy (non-hydrogen) atoms. The molecule has 1 aromatic heterocycles. The number of rotatable bonds is 15. The van der Waals surface area contributed by atoms with E-state index in [4.69, 9.17) is 9.47 Å². The number of nitrogens with zero attached hydrogens (tertiary/aromatic N) is 2. The van der Waals surface area contributed by atoms with Crippen molar-refractivity contribution >= 4 is 0 Å². The lowest BCUT2D eigenvalue weighted by Gasteiger charge is -2.08. The van der Waals surface area contributed by atoms with Gasteiger partial charge in [-0.25, -0.2) is 9.97 Å². The summed E-state index contributed by atoms with van der Waals surface area (Å²) in [5.41, 5.74) is 4.58. The minimum Gasteiger partial charge on any atom is -0.494 e. The van der Waals surface area contributed by atoms with E-state index in [1.54, 1.807) is 0 Å². The average Bonchev–Trinajstić information content (AvgIpc) is 2.87. The van der Waals surface area contributed by atoms with Gasteiger partial charge in [0.15, 0.2) is 5.82 Å². The van der Waals surface area contributed by atoms with Gasteiger partial charge in [0, 0.05) is 36.7 Å². The zero-order chi connectivity index (χ0) is 23.1. The molecule has 4 nitrogen and oxygen atoms in total. The van der Waals surface area contributed by atoms with Gasteiger partial charge in [-0.2, -0.15) is 0 Å². The van der Waals surface area contributed by atoms with E-state index in [0.717, 1.165) is 67.2 Å². The highest BCUT2D eigenvalue weighted by atomic mass is 16.5. The third-order valence-corrected chi connectivity index (χ3v) is 5.71. The Hall–Kier alpha value is -2.72. The molecule has 0 fully saturated rings. The van der Waals surface area contributed by atoms with Gasteiger partial charge < -0.3 is 9.47 Å². The maximum atomic E-state index is 5.85. The van der Waals surface area contributed by atoms with Gasteiger partial charge in [0.25, 0.3) is 0 Å². The Bertz CT molecular complexity index is 906. The van der Waals surface area contributed by atoms with Crippen molar-refractivity contribution in [3.63, 3.8) is 0 Å². The van der Waals surface area contributed by atoms with E-state index in [9.17, 15) is 0 Å². The van der Waals surface area contributed by atoms with Crippen LogP contribution in [0.15, 0.2) is 60.9 Å². The second-order valence-electron chi connectivity index (χ2n) is 8.50. The topological polar surface area (TPSA) is 44.2 Å². The molecular weight excluding hydrogens is 408 g/mol. The van der Waals surface area contributed by atoms with Crippen LogP contribution >= 0.6 is 0 Å². The van der Waals surface area contributed by atoms with Crippen LogP contribution in [0, 0.1) is 0 Å². The van der Waals surface area contributed by atoms with E-state index in [1.165, 1.54) is 31.2 Å². The minimum absolute atomic E-state index is 0.707. The van der Waals surface area contributed by atoms with Crippen LogP contribution in [0.4, 0.5) is 0 Å². The molecule has 0 saturated carbocycles. The van der Waals surface area contributed by atoms with Crippen molar-refractivity contribution in [1.82, 2.24) is 9.97 Å². The highest BCUT2D eigenvalue weighted by molar-refractivity contribution is 5.64. The first-order valence-electron chi connectivity index (χ1n) is 12.5. The number of hydrogen-bond acceptors (Lipinski definition) is 4. The zero-order valence-electron chi connectivity index (χ0n) is 20.3. The van der Waals surface area contributed by atoms with Crippen molar-refractivity contribution in [3.05, 3.63) is 66.5 Å². The molecule has 0 aliphatic rings. The standard InChI is InChI=1S/C29H38N2O2/c1-3-5-7-10-24-11-13-25(14-12-24)27-22-30-29(31-23-27)26-15-17-28(18-16-26)33-21-9-8-20-32-19-6-4-2/h11-18,22-23H,3-10,19-21H2,1-2H3. The van der Waals surface area contributed by atoms with E-state index in [0.29, 0.717) is 6.61 Å². The summed E-state index contributed by atoms with van der Waals surface area (Å²) in [7, 11) is 0. The molecule has 0 saturated heterocycles. The molecule has 176 valence electrons. The summed E-state index contributed by atoms with van der Waals surface area (Å²) < 4.78 is 11.4. The molecule has 0 spiro atoms. The fourth-order valence-electron chi connectivity index (χ4n) is 3.61. The number of ether oxygens (including phenoxy) is 2. The van der Waals surface area contributed by atoms with E-state index in [1.807, 2.05) is 36.7 Å². The van der Waals surface area contributed by atoms with Gasteiger partial charge in [-0.1, -0.05) is 57.4 Å². The lowest BCUT2D eigenvalue weighted by atomic mass is 10.0. The quantitative estimate of drug-likeness (QED) is 0.226. The Kier molecular flexibility index (Phi) is 10.9. The highest BCUT2D eigenvalue weighted by Gasteiger charge is 2.05. The van der Waals surface area contributed by atoms with Crippen LogP contribution in [0.5, 0.6) is 5.75 Å². The minimum atomic E-state index is 0.707. The molecule has 3 aromatic rings. The Labute approximate surface area is 199 Å². The molecule has 0 radical (unpaired) electrons. The fraction of sp³-hybridized carbons (Fsp3) is 0.448. The lowest BCUT2D eigenvalue weighted by molar-refractivity contribution is 0.123. The van der Waals surface area contributed by atoms with Gasteiger partial charge in [0.05, 0.1) is 6.61 Å². The molecular formula is C29H38N2O2. The van der Waals surface area contributed by atoms with Gasteiger partial charge in [0.1, 0.15) is 5.75 Å². The van der Waals surface area contributed by atoms with Crippen molar-refractivity contribution in [2.45, 2.75) is 65.2 Å². The van der Waals surface area contributed by atoms with Crippen LogP contribution in [-0.2, 0) is 11.2 Å². The Balaban J connectivity index is 1.45. The third kappa shape index (κ3) is 8.62. The first-order chi connectivity index (χ1) is 16.3. The number of unbranched alkanes of at least 4 members (excludes halogenated alkanes) is 4. The van der Waals surface area contributed by atoms with Crippen molar-refractivity contribution in [2.75, 3.05) is 19.8 Å². The first kappa shape index (κ1) is 24.9. The number of aromatic nitrogens is 2.